The van der Waals surface area contributed by atoms with Gasteiger partial charge in [-0.05, 0) is 36.5 Å². The lowest BCUT2D eigenvalue weighted by atomic mass is 9.78. The highest BCUT2D eigenvalue weighted by atomic mass is 16.4. The normalized spacial score (nSPS) is 26.8. The molecule has 3 atom stereocenters. The van der Waals surface area contributed by atoms with Crippen molar-refractivity contribution in [2.45, 2.75) is 39.2 Å². The van der Waals surface area contributed by atoms with Gasteiger partial charge in [-0.2, -0.15) is 0 Å². The number of imidazole rings is 1. The quantitative estimate of drug-likeness (QED) is 0.906. The zero-order chi connectivity index (χ0) is 14.3. The lowest BCUT2D eigenvalue weighted by Crippen LogP contribution is -2.26. The Labute approximate surface area is 118 Å². The van der Waals surface area contributed by atoms with Gasteiger partial charge in [0, 0.05) is 6.04 Å². The number of aromatic nitrogens is 2. The summed E-state index contributed by atoms with van der Waals surface area (Å²) < 4.78 is 2.24. The molecule has 1 aromatic carbocycles. The summed E-state index contributed by atoms with van der Waals surface area (Å²) in [6.45, 7) is 4.63. The van der Waals surface area contributed by atoms with Crippen LogP contribution in [-0.2, 0) is 0 Å². The molecule has 0 aliphatic heterocycles. The molecule has 0 unspecified atom stereocenters. The average Bonchev–Trinajstić information content (AvgIpc) is 2.84. The Morgan fingerprint density at radius 3 is 2.90 bits per heavy atom. The largest absolute Gasteiger partial charge is 0.478 e. The van der Waals surface area contributed by atoms with E-state index in [2.05, 4.69) is 23.4 Å². The van der Waals surface area contributed by atoms with Gasteiger partial charge < -0.3 is 9.67 Å². The third kappa shape index (κ3) is 2.09. The first-order chi connectivity index (χ1) is 9.58. The summed E-state index contributed by atoms with van der Waals surface area (Å²) in [6, 6.07) is 5.68. The molecule has 106 valence electrons. The Bertz CT molecular complexity index is 647. The first kappa shape index (κ1) is 13.2. The van der Waals surface area contributed by atoms with E-state index in [0.29, 0.717) is 17.5 Å². The number of carbonyl (C=O) groups is 1. The molecule has 0 bridgehead atoms. The fourth-order valence-corrected chi connectivity index (χ4v) is 3.38. The van der Waals surface area contributed by atoms with Gasteiger partial charge >= 0.3 is 5.97 Å². The highest BCUT2D eigenvalue weighted by Crippen LogP contribution is 2.38. The van der Waals surface area contributed by atoms with E-state index >= 15 is 0 Å². The van der Waals surface area contributed by atoms with Gasteiger partial charge in [0.15, 0.2) is 0 Å². The predicted octanol–water partition coefficient (Wildman–Crippen LogP) is 3.73. The minimum absolute atomic E-state index is 0.299. The first-order valence-electron chi connectivity index (χ1n) is 7.28. The van der Waals surface area contributed by atoms with Crippen molar-refractivity contribution in [3.63, 3.8) is 0 Å². The molecule has 0 saturated heterocycles. The van der Waals surface area contributed by atoms with E-state index in [0.717, 1.165) is 17.0 Å². The second-order valence-electron chi connectivity index (χ2n) is 6.00. The van der Waals surface area contributed by atoms with Crippen LogP contribution in [0.25, 0.3) is 11.0 Å². The van der Waals surface area contributed by atoms with Crippen LogP contribution in [0.15, 0.2) is 24.5 Å². The predicted molar refractivity (Wildman–Crippen MR) is 77.9 cm³/mol. The zero-order valence-electron chi connectivity index (χ0n) is 11.9. The third-order valence-electron chi connectivity index (χ3n) is 4.84. The number of hydrogen-bond donors (Lipinski definition) is 1. The minimum Gasteiger partial charge on any atom is -0.478 e. The van der Waals surface area contributed by atoms with Gasteiger partial charge in [-0.3, -0.25) is 0 Å². The number of benzene rings is 1. The second-order valence-corrected chi connectivity index (χ2v) is 6.00. The molecule has 0 spiro atoms. The Balaban J connectivity index is 2.02. The molecule has 0 radical (unpaired) electrons. The molecule has 1 fully saturated rings. The monoisotopic (exact) mass is 272 g/mol. The zero-order valence-corrected chi connectivity index (χ0v) is 11.9. The number of fused-ring (bicyclic) bond motifs is 1. The van der Waals surface area contributed by atoms with E-state index in [1.165, 1.54) is 19.3 Å². The average molecular weight is 272 g/mol. The molecular formula is C16H20N2O2. The highest BCUT2D eigenvalue weighted by molar-refractivity contribution is 5.92. The summed E-state index contributed by atoms with van der Waals surface area (Å²) >= 11 is 0. The summed E-state index contributed by atoms with van der Waals surface area (Å²) in [6.07, 6.45) is 5.60. The summed E-state index contributed by atoms with van der Waals surface area (Å²) in [5.41, 5.74) is 2.11. The standard InChI is InChI=1S/C16H20N2O2/c1-10-4-3-5-14(11(10)2)18-9-17-13-8-12(16(19)20)6-7-15(13)18/h6-11,14H,3-5H2,1-2H3,(H,19,20)/t10-,11-,14-/m1/s1. The molecule has 1 N–H and O–H groups in total. The summed E-state index contributed by atoms with van der Waals surface area (Å²) in [5.74, 6) is 0.450. The van der Waals surface area contributed by atoms with E-state index in [4.69, 9.17) is 5.11 Å². The van der Waals surface area contributed by atoms with Crippen LogP contribution in [0.2, 0.25) is 0 Å². The van der Waals surface area contributed by atoms with Gasteiger partial charge in [0.1, 0.15) is 0 Å². The lowest BCUT2D eigenvalue weighted by Gasteiger charge is -2.35. The number of hydrogen-bond acceptors (Lipinski definition) is 2. The highest BCUT2D eigenvalue weighted by Gasteiger charge is 2.29. The molecule has 1 aliphatic carbocycles. The van der Waals surface area contributed by atoms with Crippen molar-refractivity contribution >= 4 is 17.0 Å². The molecule has 1 heterocycles. The summed E-state index contributed by atoms with van der Waals surface area (Å²) in [4.78, 5) is 15.4. The number of aromatic carboxylic acids is 1. The molecule has 2 aromatic rings. The number of rotatable bonds is 2. The SMILES string of the molecule is C[C@@H]1[C@H](C)CCC[C@H]1n1cnc2cc(C(=O)O)ccc21. The van der Waals surface area contributed by atoms with E-state index < -0.39 is 5.97 Å². The molecule has 4 nitrogen and oxygen atoms in total. The van der Waals surface area contributed by atoms with E-state index in [1.807, 2.05) is 12.4 Å². The number of carboxylic acid groups (broad SMARTS) is 1. The lowest BCUT2D eigenvalue weighted by molar-refractivity contribution is 0.0697. The van der Waals surface area contributed by atoms with Crippen LogP contribution in [0.1, 0.15) is 49.5 Å². The van der Waals surface area contributed by atoms with Gasteiger partial charge in [-0.1, -0.05) is 26.7 Å². The van der Waals surface area contributed by atoms with Crippen LogP contribution in [0, 0.1) is 11.8 Å². The molecule has 20 heavy (non-hydrogen) atoms. The van der Waals surface area contributed by atoms with Crippen molar-refractivity contribution in [1.82, 2.24) is 9.55 Å². The van der Waals surface area contributed by atoms with E-state index in [9.17, 15) is 4.79 Å². The maximum atomic E-state index is 11.0. The van der Waals surface area contributed by atoms with Crippen molar-refractivity contribution in [2.75, 3.05) is 0 Å². The van der Waals surface area contributed by atoms with Gasteiger partial charge in [-0.15, -0.1) is 0 Å². The molecule has 1 saturated carbocycles. The summed E-state index contributed by atoms with van der Waals surface area (Å²) in [5, 5.41) is 9.04. The van der Waals surface area contributed by atoms with Crippen LogP contribution in [0.4, 0.5) is 0 Å². The van der Waals surface area contributed by atoms with Crippen molar-refractivity contribution in [3.8, 4) is 0 Å². The van der Waals surface area contributed by atoms with Crippen LogP contribution in [-0.4, -0.2) is 20.6 Å². The van der Waals surface area contributed by atoms with E-state index in [-0.39, 0.29) is 0 Å². The molecule has 3 rings (SSSR count). The molecule has 4 heteroatoms. The molecular weight excluding hydrogens is 252 g/mol. The maximum absolute atomic E-state index is 11.0. The number of carboxylic acids is 1. The first-order valence-corrected chi connectivity index (χ1v) is 7.28. The van der Waals surface area contributed by atoms with Gasteiger partial charge in [0.05, 0.1) is 22.9 Å². The molecule has 0 amide bonds. The van der Waals surface area contributed by atoms with Crippen molar-refractivity contribution in [1.29, 1.82) is 0 Å². The van der Waals surface area contributed by atoms with Gasteiger partial charge in [0.2, 0.25) is 0 Å². The van der Waals surface area contributed by atoms with Crippen LogP contribution < -0.4 is 0 Å². The van der Waals surface area contributed by atoms with Crippen LogP contribution in [0.5, 0.6) is 0 Å². The fraction of sp³-hybridized carbons (Fsp3) is 0.500. The smallest absolute Gasteiger partial charge is 0.335 e. The molecule has 1 aromatic heterocycles. The van der Waals surface area contributed by atoms with Crippen LogP contribution >= 0.6 is 0 Å². The van der Waals surface area contributed by atoms with Gasteiger partial charge in [0.25, 0.3) is 0 Å². The summed E-state index contributed by atoms with van der Waals surface area (Å²) in [7, 11) is 0. The topological polar surface area (TPSA) is 55.1 Å². The van der Waals surface area contributed by atoms with E-state index in [1.54, 1.807) is 12.1 Å². The second kappa shape index (κ2) is 4.93. The maximum Gasteiger partial charge on any atom is 0.335 e. The Morgan fingerprint density at radius 1 is 1.35 bits per heavy atom. The minimum atomic E-state index is -0.902. The van der Waals surface area contributed by atoms with Crippen molar-refractivity contribution < 1.29 is 9.90 Å². The van der Waals surface area contributed by atoms with Crippen LogP contribution in [0.3, 0.4) is 0 Å². The Morgan fingerprint density at radius 2 is 2.15 bits per heavy atom. The van der Waals surface area contributed by atoms with Gasteiger partial charge in [-0.25, -0.2) is 9.78 Å². The fourth-order valence-electron chi connectivity index (χ4n) is 3.38. The molecule has 1 aliphatic rings. The van der Waals surface area contributed by atoms with Crippen molar-refractivity contribution in [3.05, 3.63) is 30.1 Å². The van der Waals surface area contributed by atoms with Crippen molar-refractivity contribution in [2.24, 2.45) is 11.8 Å². The Hall–Kier alpha value is -1.84. The number of nitrogens with zero attached hydrogens (tertiary/aromatic N) is 2. The third-order valence-corrected chi connectivity index (χ3v) is 4.84. The Kier molecular flexibility index (Phi) is 3.24.